The van der Waals surface area contributed by atoms with Gasteiger partial charge in [-0.3, -0.25) is 0 Å². The largest absolute Gasteiger partial charge is 0.416 e. The van der Waals surface area contributed by atoms with Crippen molar-refractivity contribution in [2.45, 2.75) is 32.5 Å². The predicted molar refractivity (Wildman–Crippen MR) is 101 cm³/mol. The fourth-order valence-electron chi connectivity index (χ4n) is 3.38. The number of halogens is 3. The van der Waals surface area contributed by atoms with Crippen LogP contribution in [0.15, 0.2) is 66.7 Å². The molecule has 0 aliphatic heterocycles. The van der Waals surface area contributed by atoms with E-state index in [4.69, 9.17) is 0 Å². The minimum atomic E-state index is -4.40. The molecule has 0 fully saturated rings. The third-order valence-corrected chi connectivity index (χ3v) is 4.85. The molecule has 140 valence electrons. The number of rotatable bonds is 5. The lowest BCUT2D eigenvalue weighted by atomic mass is 9.92. The molecule has 3 aromatic rings. The van der Waals surface area contributed by atoms with Crippen LogP contribution in [0.1, 0.15) is 27.8 Å². The molecule has 27 heavy (non-hydrogen) atoms. The highest BCUT2D eigenvalue weighted by atomic mass is 19.4. The van der Waals surface area contributed by atoms with E-state index in [1.54, 1.807) is 0 Å². The van der Waals surface area contributed by atoms with Crippen molar-refractivity contribution in [2.24, 2.45) is 0 Å². The van der Waals surface area contributed by atoms with Crippen LogP contribution in [0.25, 0.3) is 11.1 Å². The number of alkyl halides is 3. The molecule has 0 aliphatic rings. The number of aliphatic hydroxyl groups excluding tert-OH is 1. The third-order valence-electron chi connectivity index (χ3n) is 4.85. The Morgan fingerprint density at radius 1 is 0.815 bits per heavy atom. The van der Waals surface area contributed by atoms with Crippen molar-refractivity contribution in [3.05, 3.63) is 94.5 Å². The molecule has 1 N–H and O–H groups in total. The zero-order valence-electron chi connectivity index (χ0n) is 15.1. The summed E-state index contributed by atoms with van der Waals surface area (Å²) in [7, 11) is 0. The molecule has 0 radical (unpaired) electrons. The highest BCUT2D eigenvalue weighted by Gasteiger charge is 2.33. The Morgan fingerprint density at radius 3 is 2.19 bits per heavy atom. The maximum atomic E-state index is 13.3. The van der Waals surface area contributed by atoms with Crippen molar-refractivity contribution in [3.63, 3.8) is 0 Å². The molecule has 0 heterocycles. The molecule has 3 rings (SSSR count). The number of aliphatic hydroxyl groups is 1. The lowest BCUT2D eigenvalue weighted by molar-refractivity contribution is -0.138. The average molecular weight is 370 g/mol. The van der Waals surface area contributed by atoms with E-state index in [9.17, 15) is 18.3 Å². The SMILES string of the molecule is Cc1c(CCc2cc(CO)ccc2C(F)(F)F)cccc1-c1ccccc1. The van der Waals surface area contributed by atoms with Gasteiger partial charge in [0.25, 0.3) is 0 Å². The second kappa shape index (κ2) is 7.97. The summed E-state index contributed by atoms with van der Waals surface area (Å²) in [5.41, 5.74) is 4.38. The summed E-state index contributed by atoms with van der Waals surface area (Å²) in [6.45, 7) is 1.74. The van der Waals surface area contributed by atoms with E-state index in [1.807, 2.05) is 55.5 Å². The zero-order valence-corrected chi connectivity index (χ0v) is 15.1. The maximum Gasteiger partial charge on any atom is 0.416 e. The Bertz CT molecular complexity index is 915. The van der Waals surface area contributed by atoms with Crippen LogP contribution in [0, 0.1) is 6.92 Å². The smallest absolute Gasteiger partial charge is 0.392 e. The second-order valence-corrected chi connectivity index (χ2v) is 6.60. The first-order chi connectivity index (χ1) is 12.9. The number of hydrogen-bond donors (Lipinski definition) is 1. The molecule has 3 aromatic carbocycles. The minimum absolute atomic E-state index is 0.221. The standard InChI is InChI=1S/C23H21F3O/c1-16-18(8-5-9-21(16)19-6-3-2-4-7-19)11-12-20-14-17(15-27)10-13-22(20)23(24,25)26/h2-10,13-14,27H,11-12,15H2,1H3. The molecule has 0 amide bonds. The average Bonchev–Trinajstić information content (AvgIpc) is 2.67. The Kier molecular flexibility index (Phi) is 5.66. The highest BCUT2D eigenvalue weighted by molar-refractivity contribution is 5.68. The van der Waals surface area contributed by atoms with Crippen LogP contribution in [-0.4, -0.2) is 5.11 Å². The number of benzene rings is 3. The summed E-state index contributed by atoms with van der Waals surface area (Å²) < 4.78 is 39.9. The van der Waals surface area contributed by atoms with Gasteiger partial charge in [0.15, 0.2) is 0 Å². The van der Waals surface area contributed by atoms with E-state index >= 15 is 0 Å². The van der Waals surface area contributed by atoms with Gasteiger partial charge in [0.2, 0.25) is 0 Å². The first kappa shape index (κ1) is 19.2. The summed E-state index contributed by atoms with van der Waals surface area (Å²) in [4.78, 5) is 0. The van der Waals surface area contributed by atoms with Gasteiger partial charge in [0.1, 0.15) is 0 Å². The quantitative estimate of drug-likeness (QED) is 0.588. The van der Waals surface area contributed by atoms with Crippen molar-refractivity contribution in [2.75, 3.05) is 0 Å². The van der Waals surface area contributed by atoms with Crippen LogP contribution in [0.5, 0.6) is 0 Å². The van der Waals surface area contributed by atoms with Gasteiger partial charge in [-0.05, 0) is 59.2 Å². The lowest BCUT2D eigenvalue weighted by Crippen LogP contribution is -2.11. The van der Waals surface area contributed by atoms with E-state index in [2.05, 4.69) is 0 Å². The van der Waals surface area contributed by atoms with Gasteiger partial charge in [-0.15, -0.1) is 0 Å². The zero-order chi connectivity index (χ0) is 19.4. The maximum absolute atomic E-state index is 13.3. The summed E-state index contributed by atoms with van der Waals surface area (Å²) in [5, 5.41) is 9.27. The molecule has 0 aliphatic carbocycles. The molecule has 4 heteroatoms. The molecule has 1 nitrogen and oxygen atoms in total. The summed E-state index contributed by atoms with van der Waals surface area (Å²) in [5.74, 6) is 0. The van der Waals surface area contributed by atoms with Crippen LogP contribution in [0.3, 0.4) is 0 Å². The van der Waals surface area contributed by atoms with E-state index < -0.39 is 11.7 Å². The molecule has 0 aromatic heterocycles. The van der Waals surface area contributed by atoms with Gasteiger partial charge in [0.05, 0.1) is 12.2 Å². The molecule has 0 atom stereocenters. The molecular weight excluding hydrogens is 349 g/mol. The van der Waals surface area contributed by atoms with Crippen LogP contribution in [-0.2, 0) is 25.6 Å². The van der Waals surface area contributed by atoms with Crippen LogP contribution < -0.4 is 0 Å². The lowest BCUT2D eigenvalue weighted by Gasteiger charge is -2.16. The summed E-state index contributed by atoms with van der Waals surface area (Å²) in [6, 6.07) is 19.7. The summed E-state index contributed by atoms with van der Waals surface area (Å²) in [6.07, 6.45) is -3.63. The molecule has 0 saturated heterocycles. The molecule has 0 spiro atoms. The fourth-order valence-corrected chi connectivity index (χ4v) is 3.38. The number of aryl methyl sites for hydroxylation is 2. The molecular formula is C23H21F3O. The second-order valence-electron chi connectivity index (χ2n) is 6.60. The molecule has 0 bridgehead atoms. The van der Waals surface area contributed by atoms with E-state index in [0.29, 0.717) is 12.0 Å². The van der Waals surface area contributed by atoms with E-state index in [0.717, 1.165) is 28.3 Å². The van der Waals surface area contributed by atoms with Gasteiger partial charge >= 0.3 is 6.18 Å². The first-order valence-electron chi connectivity index (χ1n) is 8.84. The molecule has 0 saturated carbocycles. The third kappa shape index (κ3) is 4.40. The van der Waals surface area contributed by atoms with Gasteiger partial charge in [0, 0.05) is 0 Å². The monoisotopic (exact) mass is 370 g/mol. The van der Waals surface area contributed by atoms with Gasteiger partial charge in [-0.1, -0.05) is 60.7 Å². The number of hydrogen-bond acceptors (Lipinski definition) is 1. The van der Waals surface area contributed by atoms with Crippen molar-refractivity contribution in [3.8, 4) is 11.1 Å². The van der Waals surface area contributed by atoms with E-state index in [-0.39, 0.29) is 18.6 Å². The van der Waals surface area contributed by atoms with E-state index in [1.165, 1.54) is 12.1 Å². The van der Waals surface area contributed by atoms with Gasteiger partial charge in [-0.2, -0.15) is 13.2 Å². The van der Waals surface area contributed by atoms with Crippen LogP contribution in [0.4, 0.5) is 13.2 Å². The highest BCUT2D eigenvalue weighted by Crippen LogP contribution is 2.34. The normalized spacial score (nSPS) is 11.6. The summed E-state index contributed by atoms with van der Waals surface area (Å²) >= 11 is 0. The van der Waals surface area contributed by atoms with Gasteiger partial charge < -0.3 is 5.11 Å². The fraction of sp³-hybridized carbons (Fsp3) is 0.217. The topological polar surface area (TPSA) is 20.2 Å². The minimum Gasteiger partial charge on any atom is -0.392 e. The van der Waals surface area contributed by atoms with Crippen LogP contribution in [0.2, 0.25) is 0 Å². The van der Waals surface area contributed by atoms with Crippen molar-refractivity contribution in [1.29, 1.82) is 0 Å². The Balaban J connectivity index is 1.90. The predicted octanol–water partition coefficient (Wildman–Crippen LogP) is 5.96. The van der Waals surface area contributed by atoms with Gasteiger partial charge in [-0.25, -0.2) is 0 Å². The first-order valence-corrected chi connectivity index (χ1v) is 8.84. The Hall–Kier alpha value is -2.59. The molecule has 0 unspecified atom stereocenters. The Morgan fingerprint density at radius 2 is 1.52 bits per heavy atom. The van der Waals surface area contributed by atoms with Crippen molar-refractivity contribution < 1.29 is 18.3 Å². The van der Waals surface area contributed by atoms with Crippen molar-refractivity contribution >= 4 is 0 Å². The van der Waals surface area contributed by atoms with Crippen molar-refractivity contribution in [1.82, 2.24) is 0 Å². The van der Waals surface area contributed by atoms with Crippen LogP contribution >= 0.6 is 0 Å². The Labute approximate surface area is 157 Å².